The molecule has 0 spiro atoms. The van der Waals surface area contributed by atoms with Crippen LogP contribution in [-0.4, -0.2) is 21.8 Å². The van der Waals surface area contributed by atoms with Crippen LogP contribution in [0.3, 0.4) is 0 Å². The fourth-order valence-electron chi connectivity index (χ4n) is 2.89. The molecule has 0 amide bonds. The van der Waals surface area contributed by atoms with E-state index in [4.69, 9.17) is 5.11 Å². The Morgan fingerprint density at radius 2 is 2.25 bits per heavy atom. The number of carbonyl (C=O) groups is 1. The molecule has 2 saturated carbocycles. The average molecular weight is 170 g/mol. The first kappa shape index (κ1) is 8.05. The molecule has 2 bridgehead atoms. The van der Waals surface area contributed by atoms with Crippen molar-refractivity contribution in [2.75, 3.05) is 0 Å². The number of hydrogen-bond acceptors (Lipinski definition) is 2. The minimum Gasteiger partial charge on any atom is -0.481 e. The third kappa shape index (κ3) is 1.12. The monoisotopic (exact) mass is 170 g/mol. The van der Waals surface area contributed by atoms with Gasteiger partial charge >= 0.3 is 5.97 Å². The van der Waals surface area contributed by atoms with Gasteiger partial charge in [-0.1, -0.05) is 0 Å². The lowest BCUT2D eigenvalue weighted by Gasteiger charge is -2.30. The Labute approximate surface area is 71.4 Å². The van der Waals surface area contributed by atoms with Gasteiger partial charge in [0.25, 0.3) is 0 Å². The van der Waals surface area contributed by atoms with Crippen LogP contribution in [0.4, 0.5) is 0 Å². The first-order valence-corrected chi connectivity index (χ1v) is 4.54. The Morgan fingerprint density at radius 1 is 1.50 bits per heavy atom. The van der Waals surface area contributed by atoms with Gasteiger partial charge in [0.2, 0.25) is 0 Å². The van der Waals surface area contributed by atoms with Gasteiger partial charge in [-0.2, -0.15) is 0 Å². The molecule has 2 fully saturated rings. The quantitative estimate of drug-likeness (QED) is 0.650. The number of fused-ring (bicyclic) bond motifs is 2. The van der Waals surface area contributed by atoms with E-state index in [1.165, 1.54) is 6.42 Å². The van der Waals surface area contributed by atoms with E-state index < -0.39 is 11.6 Å². The number of rotatable bonds is 2. The first-order valence-electron chi connectivity index (χ1n) is 4.54. The molecular weight excluding hydrogens is 156 g/mol. The van der Waals surface area contributed by atoms with Gasteiger partial charge < -0.3 is 10.2 Å². The lowest BCUT2D eigenvalue weighted by Crippen LogP contribution is -2.37. The number of aliphatic carboxylic acids is 1. The normalized spacial score (nSPS) is 45.1. The van der Waals surface area contributed by atoms with E-state index in [-0.39, 0.29) is 12.3 Å². The van der Waals surface area contributed by atoms with Gasteiger partial charge in [-0.25, -0.2) is 0 Å². The molecule has 0 aromatic heterocycles. The minimum atomic E-state index is -0.870. The molecule has 0 heterocycles. The molecule has 2 aliphatic rings. The largest absolute Gasteiger partial charge is 0.481 e. The predicted molar refractivity (Wildman–Crippen MR) is 42.7 cm³/mol. The average Bonchev–Trinajstić information content (AvgIpc) is 2.42. The summed E-state index contributed by atoms with van der Waals surface area (Å²) in [5, 5.41) is 18.6. The second-order valence-corrected chi connectivity index (χ2v) is 4.25. The van der Waals surface area contributed by atoms with E-state index in [1.54, 1.807) is 0 Å². The van der Waals surface area contributed by atoms with Crippen molar-refractivity contribution in [3.8, 4) is 0 Å². The predicted octanol–water partition coefficient (Wildman–Crippen LogP) is 1.01. The molecule has 68 valence electrons. The summed E-state index contributed by atoms with van der Waals surface area (Å²) in [6.07, 6.45) is 3.91. The molecule has 0 saturated heterocycles. The zero-order chi connectivity index (χ0) is 8.77. The molecule has 0 radical (unpaired) electrons. The van der Waals surface area contributed by atoms with Crippen molar-refractivity contribution in [2.24, 2.45) is 11.8 Å². The minimum absolute atomic E-state index is 0.0613. The molecular formula is C9H14O3. The van der Waals surface area contributed by atoms with Gasteiger partial charge in [-0.15, -0.1) is 0 Å². The number of hydrogen-bond donors (Lipinski definition) is 2. The van der Waals surface area contributed by atoms with Crippen molar-refractivity contribution < 1.29 is 15.0 Å². The summed E-state index contributed by atoms with van der Waals surface area (Å²) in [6, 6.07) is 0. The highest BCUT2D eigenvalue weighted by atomic mass is 16.4. The molecule has 3 atom stereocenters. The third-order valence-electron chi connectivity index (χ3n) is 3.40. The van der Waals surface area contributed by atoms with Crippen molar-refractivity contribution in [1.82, 2.24) is 0 Å². The van der Waals surface area contributed by atoms with Gasteiger partial charge in [0.15, 0.2) is 0 Å². The van der Waals surface area contributed by atoms with Crippen molar-refractivity contribution in [3.63, 3.8) is 0 Å². The maximum Gasteiger partial charge on any atom is 0.306 e. The van der Waals surface area contributed by atoms with Gasteiger partial charge in [0.1, 0.15) is 0 Å². The van der Waals surface area contributed by atoms with Gasteiger partial charge in [-0.3, -0.25) is 4.79 Å². The van der Waals surface area contributed by atoms with E-state index in [2.05, 4.69) is 0 Å². The summed E-state index contributed by atoms with van der Waals surface area (Å²) >= 11 is 0. The molecule has 2 rings (SSSR count). The van der Waals surface area contributed by atoms with Gasteiger partial charge in [0.05, 0.1) is 12.0 Å². The topological polar surface area (TPSA) is 57.5 Å². The molecule has 3 nitrogen and oxygen atoms in total. The second-order valence-electron chi connectivity index (χ2n) is 4.25. The second kappa shape index (κ2) is 2.46. The SMILES string of the molecule is O=C(O)C[C@]1(O)C[C@@H]2CC[C@H]1C2. The Balaban J connectivity index is 2.07. The standard InChI is InChI=1S/C9H14O3/c10-8(11)5-9(12)4-6-1-2-7(9)3-6/h6-7,12H,1-5H2,(H,10,11)/t6-,7+,9-/m1/s1. The lowest BCUT2D eigenvalue weighted by molar-refractivity contribution is -0.144. The van der Waals surface area contributed by atoms with Crippen LogP contribution in [0.15, 0.2) is 0 Å². The maximum absolute atomic E-state index is 10.5. The van der Waals surface area contributed by atoms with E-state index >= 15 is 0 Å². The van der Waals surface area contributed by atoms with Crippen LogP contribution >= 0.6 is 0 Å². The Bertz CT molecular complexity index is 214. The van der Waals surface area contributed by atoms with Crippen molar-refractivity contribution in [3.05, 3.63) is 0 Å². The van der Waals surface area contributed by atoms with E-state index in [0.717, 1.165) is 12.8 Å². The summed E-state index contributed by atoms with van der Waals surface area (Å²) in [4.78, 5) is 10.5. The van der Waals surface area contributed by atoms with Crippen molar-refractivity contribution >= 4 is 5.97 Å². The molecule has 2 aliphatic carbocycles. The summed E-state index contributed by atoms with van der Waals surface area (Å²) < 4.78 is 0. The summed E-state index contributed by atoms with van der Waals surface area (Å²) in [6.45, 7) is 0. The molecule has 12 heavy (non-hydrogen) atoms. The zero-order valence-corrected chi connectivity index (χ0v) is 6.99. The van der Waals surface area contributed by atoms with Crippen molar-refractivity contribution in [2.45, 2.75) is 37.7 Å². The highest BCUT2D eigenvalue weighted by molar-refractivity contribution is 5.68. The number of aliphatic hydroxyl groups is 1. The molecule has 0 unspecified atom stereocenters. The first-order chi connectivity index (χ1) is 5.60. The van der Waals surface area contributed by atoms with Gasteiger partial charge in [0, 0.05) is 0 Å². The fraction of sp³-hybridized carbons (Fsp3) is 0.889. The van der Waals surface area contributed by atoms with Crippen LogP contribution in [0.2, 0.25) is 0 Å². The van der Waals surface area contributed by atoms with Crippen molar-refractivity contribution in [1.29, 1.82) is 0 Å². The van der Waals surface area contributed by atoms with E-state index in [9.17, 15) is 9.90 Å². The summed E-state index contributed by atoms with van der Waals surface area (Å²) in [7, 11) is 0. The van der Waals surface area contributed by atoms with Crippen LogP contribution in [0.25, 0.3) is 0 Å². The molecule has 0 aromatic carbocycles. The molecule has 3 heteroatoms. The van der Waals surface area contributed by atoms with Crippen LogP contribution in [-0.2, 0) is 4.79 Å². The fourth-order valence-corrected chi connectivity index (χ4v) is 2.89. The van der Waals surface area contributed by atoms with E-state index in [1.807, 2.05) is 0 Å². The lowest BCUT2D eigenvalue weighted by atomic mass is 9.82. The van der Waals surface area contributed by atoms with Gasteiger partial charge in [-0.05, 0) is 37.5 Å². The summed E-state index contributed by atoms with van der Waals surface area (Å²) in [5.41, 5.74) is -0.866. The maximum atomic E-state index is 10.5. The zero-order valence-electron chi connectivity index (χ0n) is 6.99. The highest BCUT2D eigenvalue weighted by Crippen LogP contribution is 2.51. The highest BCUT2D eigenvalue weighted by Gasteiger charge is 2.50. The number of carboxylic acid groups (broad SMARTS) is 1. The third-order valence-corrected chi connectivity index (χ3v) is 3.40. The van der Waals surface area contributed by atoms with Crippen LogP contribution in [0.5, 0.6) is 0 Å². The Hall–Kier alpha value is -0.570. The Morgan fingerprint density at radius 3 is 2.67 bits per heavy atom. The van der Waals surface area contributed by atoms with Crippen LogP contribution < -0.4 is 0 Å². The summed E-state index contributed by atoms with van der Waals surface area (Å²) in [5.74, 6) is -0.0111. The Kier molecular flexibility index (Phi) is 1.65. The van der Waals surface area contributed by atoms with Crippen LogP contribution in [0, 0.1) is 11.8 Å². The van der Waals surface area contributed by atoms with E-state index in [0.29, 0.717) is 12.3 Å². The van der Waals surface area contributed by atoms with Crippen LogP contribution in [0.1, 0.15) is 32.1 Å². The smallest absolute Gasteiger partial charge is 0.306 e. The molecule has 0 aliphatic heterocycles. The molecule has 2 N–H and O–H groups in total. The number of carboxylic acids is 1. The molecule has 0 aromatic rings.